The smallest absolute Gasteiger partial charge is 0.312 e. The van der Waals surface area contributed by atoms with Crippen LogP contribution in [0.1, 0.15) is 18.5 Å². The van der Waals surface area contributed by atoms with Gasteiger partial charge in [0.05, 0.1) is 11.0 Å². The predicted octanol–water partition coefficient (Wildman–Crippen LogP) is 3.32. The van der Waals surface area contributed by atoms with Crippen LogP contribution in [0.4, 0.5) is 11.5 Å². The molecule has 0 saturated heterocycles. The summed E-state index contributed by atoms with van der Waals surface area (Å²) in [5.41, 5.74) is 0.921. The summed E-state index contributed by atoms with van der Waals surface area (Å²) < 4.78 is 0.571. The Morgan fingerprint density at radius 1 is 1.42 bits per heavy atom. The molecule has 2 heterocycles. The molecule has 0 aromatic carbocycles. The van der Waals surface area contributed by atoms with E-state index >= 15 is 0 Å². The highest BCUT2D eigenvalue weighted by atomic mass is 79.9. The molecule has 0 spiro atoms. The first kappa shape index (κ1) is 13.4. The number of pyridine rings is 2. The summed E-state index contributed by atoms with van der Waals surface area (Å²) in [5.74, 6) is 0.248. The Bertz CT molecular complexity index is 592. The molecular weight excluding hydrogens is 312 g/mol. The average molecular weight is 323 g/mol. The lowest BCUT2D eigenvalue weighted by Gasteiger charge is -2.14. The van der Waals surface area contributed by atoms with Gasteiger partial charge in [-0.2, -0.15) is 0 Å². The van der Waals surface area contributed by atoms with E-state index in [2.05, 4.69) is 31.2 Å². The van der Waals surface area contributed by atoms with E-state index in [1.165, 1.54) is 12.3 Å². The van der Waals surface area contributed by atoms with Gasteiger partial charge in [-0.15, -0.1) is 0 Å². The lowest BCUT2D eigenvalue weighted by Crippen LogP contribution is -2.09. The molecule has 0 aliphatic carbocycles. The molecule has 0 saturated carbocycles. The number of nitro groups is 1. The summed E-state index contributed by atoms with van der Waals surface area (Å²) in [6.45, 7) is 1.91. The van der Waals surface area contributed by atoms with Crippen LogP contribution in [0.15, 0.2) is 41.3 Å². The van der Waals surface area contributed by atoms with Gasteiger partial charge in [0.1, 0.15) is 0 Å². The number of nitrogens with zero attached hydrogens (tertiary/aromatic N) is 3. The molecule has 7 heteroatoms. The number of rotatable bonds is 4. The fraction of sp³-hybridized carbons (Fsp3) is 0.167. The van der Waals surface area contributed by atoms with Crippen molar-refractivity contribution in [1.82, 2.24) is 9.97 Å². The minimum Gasteiger partial charge on any atom is -0.358 e. The van der Waals surface area contributed by atoms with E-state index in [1.807, 2.05) is 19.1 Å². The van der Waals surface area contributed by atoms with Crippen LogP contribution in [0.3, 0.4) is 0 Å². The summed E-state index contributed by atoms with van der Waals surface area (Å²) in [6.07, 6.45) is 4.88. The lowest BCUT2D eigenvalue weighted by atomic mass is 10.1. The third kappa shape index (κ3) is 3.25. The van der Waals surface area contributed by atoms with Crippen LogP contribution in [-0.2, 0) is 0 Å². The minimum atomic E-state index is -0.459. The fourth-order valence-corrected chi connectivity index (χ4v) is 1.94. The van der Waals surface area contributed by atoms with Crippen LogP contribution in [0.2, 0.25) is 0 Å². The average Bonchev–Trinajstić information content (AvgIpc) is 2.41. The number of anilines is 1. The first-order valence-electron chi connectivity index (χ1n) is 5.54. The molecule has 0 aliphatic heterocycles. The molecule has 0 radical (unpaired) electrons. The van der Waals surface area contributed by atoms with Crippen molar-refractivity contribution in [3.05, 3.63) is 56.9 Å². The van der Waals surface area contributed by atoms with Crippen LogP contribution >= 0.6 is 15.9 Å². The Labute approximate surface area is 118 Å². The van der Waals surface area contributed by atoms with Gasteiger partial charge >= 0.3 is 5.69 Å². The highest BCUT2D eigenvalue weighted by Gasteiger charge is 2.18. The summed E-state index contributed by atoms with van der Waals surface area (Å²) in [4.78, 5) is 18.5. The number of hydrogen-bond donors (Lipinski definition) is 1. The van der Waals surface area contributed by atoms with Crippen molar-refractivity contribution < 1.29 is 4.92 Å². The molecule has 0 amide bonds. The second-order valence-corrected chi connectivity index (χ2v) is 4.84. The van der Waals surface area contributed by atoms with E-state index in [0.717, 1.165) is 5.56 Å². The van der Waals surface area contributed by atoms with Crippen molar-refractivity contribution in [3.8, 4) is 0 Å². The van der Waals surface area contributed by atoms with Gasteiger partial charge in [0, 0.05) is 29.1 Å². The molecule has 1 atom stereocenters. The lowest BCUT2D eigenvalue weighted by molar-refractivity contribution is -0.384. The van der Waals surface area contributed by atoms with Gasteiger partial charge in [-0.05, 0) is 40.5 Å². The highest BCUT2D eigenvalue weighted by molar-refractivity contribution is 9.10. The zero-order valence-electron chi connectivity index (χ0n) is 10.1. The van der Waals surface area contributed by atoms with Crippen molar-refractivity contribution in [3.63, 3.8) is 0 Å². The van der Waals surface area contributed by atoms with Gasteiger partial charge in [0.25, 0.3) is 0 Å². The Morgan fingerprint density at radius 2 is 2.11 bits per heavy atom. The van der Waals surface area contributed by atoms with Crippen LogP contribution in [-0.4, -0.2) is 14.9 Å². The molecule has 0 fully saturated rings. The third-order valence-corrected chi connectivity index (χ3v) is 3.02. The van der Waals surface area contributed by atoms with Crippen LogP contribution in [0, 0.1) is 10.1 Å². The number of aromatic nitrogens is 2. The summed E-state index contributed by atoms with van der Waals surface area (Å²) in [5, 5.41) is 14.0. The van der Waals surface area contributed by atoms with Crippen molar-refractivity contribution >= 4 is 27.4 Å². The summed E-state index contributed by atoms with van der Waals surface area (Å²) in [6, 6.07) is 5.02. The Kier molecular flexibility index (Phi) is 4.06. The molecule has 98 valence electrons. The maximum Gasteiger partial charge on any atom is 0.312 e. The second-order valence-electron chi connectivity index (χ2n) is 3.92. The van der Waals surface area contributed by atoms with Gasteiger partial charge in [0.2, 0.25) is 5.82 Å². The zero-order valence-corrected chi connectivity index (χ0v) is 11.7. The van der Waals surface area contributed by atoms with Crippen molar-refractivity contribution in [2.24, 2.45) is 0 Å². The molecular formula is C12H11BrN4O2. The van der Waals surface area contributed by atoms with Gasteiger partial charge in [0.15, 0.2) is 0 Å². The third-order valence-electron chi connectivity index (χ3n) is 2.59. The van der Waals surface area contributed by atoms with E-state index in [4.69, 9.17) is 0 Å². The molecule has 6 nitrogen and oxygen atoms in total. The monoisotopic (exact) mass is 322 g/mol. The predicted molar refractivity (Wildman–Crippen MR) is 74.9 cm³/mol. The Morgan fingerprint density at radius 3 is 2.74 bits per heavy atom. The summed E-state index contributed by atoms with van der Waals surface area (Å²) in [7, 11) is 0. The van der Waals surface area contributed by atoms with Crippen LogP contribution < -0.4 is 5.32 Å². The van der Waals surface area contributed by atoms with Crippen LogP contribution in [0.25, 0.3) is 0 Å². The second kappa shape index (κ2) is 5.75. The van der Waals surface area contributed by atoms with Gasteiger partial charge in [-0.25, -0.2) is 4.98 Å². The van der Waals surface area contributed by atoms with E-state index < -0.39 is 4.92 Å². The SMILES string of the molecule is CC(Nc1ncc(Br)cc1[N+](=O)[O-])c1ccncc1. The molecule has 1 N–H and O–H groups in total. The van der Waals surface area contributed by atoms with Crippen molar-refractivity contribution in [2.75, 3.05) is 5.32 Å². The first-order valence-corrected chi connectivity index (χ1v) is 6.33. The molecule has 2 aromatic heterocycles. The normalized spacial score (nSPS) is 11.9. The van der Waals surface area contributed by atoms with E-state index in [9.17, 15) is 10.1 Å². The number of nitrogens with one attached hydrogen (secondary N) is 1. The number of hydrogen-bond acceptors (Lipinski definition) is 5. The topological polar surface area (TPSA) is 81.0 Å². The molecule has 19 heavy (non-hydrogen) atoms. The molecule has 0 bridgehead atoms. The molecule has 1 unspecified atom stereocenters. The van der Waals surface area contributed by atoms with Gasteiger partial charge in [-0.3, -0.25) is 15.1 Å². The Hall–Kier alpha value is -2.02. The summed E-state index contributed by atoms with van der Waals surface area (Å²) >= 11 is 3.17. The van der Waals surface area contributed by atoms with Crippen molar-refractivity contribution in [2.45, 2.75) is 13.0 Å². The Balaban J connectivity index is 2.26. The van der Waals surface area contributed by atoms with Crippen LogP contribution in [0.5, 0.6) is 0 Å². The maximum absolute atomic E-state index is 11.0. The quantitative estimate of drug-likeness (QED) is 0.689. The van der Waals surface area contributed by atoms with E-state index in [-0.39, 0.29) is 17.5 Å². The van der Waals surface area contributed by atoms with Gasteiger partial charge in [-0.1, -0.05) is 0 Å². The first-order chi connectivity index (χ1) is 9.08. The molecule has 2 aromatic rings. The van der Waals surface area contributed by atoms with Gasteiger partial charge < -0.3 is 5.32 Å². The standard InChI is InChI=1S/C12H11BrN4O2/c1-8(9-2-4-14-5-3-9)16-12-11(17(18)19)6-10(13)7-15-12/h2-8H,1H3,(H,15,16). The number of halogens is 1. The minimum absolute atomic E-state index is 0.0599. The highest BCUT2D eigenvalue weighted by Crippen LogP contribution is 2.28. The fourth-order valence-electron chi connectivity index (χ4n) is 1.62. The zero-order chi connectivity index (χ0) is 13.8. The largest absolute Gasteiger partial charge is 0.358 e. The van der Waals surface area contributed by atoms with E-state index in [0.29, 0.717) is 4.47 Å². The molecule has 2 rings (SSSR count). The van der Waals surface area contributed by atoms with Crippen molar-refractivity contribution in [1.29, 1.82) is 0 Å². The maximum atomic E-state index is 11.0. The van der Waals surface area contributed by atoms with E-state index in [1.54, 1.807) is 12.4 Å². The molecule has 0 aliphatic rings.